The first-order valence-electron chi connectivity index (χ1n) is 6.71. The van der Waals surface area contributed by atoms with Gasteiger partial charge in [0.15, 0.2) is 0 Å². The average Bonchev–Trinajstić information content (AvgIpc) is 2.85. The van der Waals surface area contributed by atoms with Crippen LogP contribution in [-0.4, -0.2) is 39.3 Å². The summed E-state index contributed by atoms with van der Waals surface area (Å²) in [6.45, 7) is 3.04. The molecule has 1 rings (SSSR count). The van der Waals surface area contributed by atoms with Crippen molar-refractivity contribution in [3.8, 4) is 0 Å². The van der Waals surface area contributed by atoms with E-state index in [1.807, 2.05) is 0 Å². The van der Waals surface area contributed by atoms with E-state index in [1.54, 1.807) is 0 Å². The first-order valence-corrected chi connectivity index (χ1v) is 9.02. The summed E-state index contributed by atoms with van der Waals surface area (Å²) in [6, 6.07) is 1.22. The zero-order valence-corrected chi connectivity index (χ0v) is 13.7. The fourth-order valence-corrected chi connectivity index (χ4v) is 2.51. The Morgan fingerprint density at radius 3 is 2.62 bits per heavy atom. The van der Waals surface area contributed by atoms with E-state index in [-0.39, 0.29) is 10.6 Å². The fourth-order valence-electron chi connectivity index (χ4n) is 1.75. The Morgan fingerprint density at radius 1 is 1.33 bits per heavy atom. The molecule has 0 aromatic carbocycles. The number of esters is 1. The molecule has 21 heavy (non-hydrogen) atoms. The lowest BCUT2D eigenvalue weighted by Crippen LogP contribution is -2.14. The number of nitrogens with zero attached hydrogens (tertiary/aromatic N) is 1. The van der Waals surface area contributed by atoms with Crippen LogP contribution in [0, 0.1) is 0 Å². The van der Waals surface area contributed by atoms with Gasteiger partial charge in [-0.1, -0.05) is 19.8 Å². The second-order valence-electron chi connectivity index (χ2n) is 4.53. The van der Waals surface area contributed by atoms with Crippen molar-refractivity contribution >= 4 is 25.7 Å². The highest BCUT2D eigenvalue weighted by molar-refractivity contribution is 8.13. The monoisotopic (exact) mass is 337 g/mol. The Hall–Kier alpha value is -1.05. The highest BCUT2D eigenvalue weighted by Crippen LogP contribution is 2.19. The maximum Gasteiger partial charge on any atom is 0.354 e. The maximum atomic E-state index is 12.0. The van der Waals surface area contributed by atoms with Crippen LogP contribution in [0.3, 0.4) is 0 Å². The van der Waals surface area contributed by atoms with Crippen LogP contribution < -0.4 is 0 Å². The van der Waals surface area contributed by atoms with Gasteiger partial charge in [0.05, 0.1) is 13.2 Å². The van der Waals surface area contributed by atoms with Crippen LogP contribution in [0.2, 0.25) is 0 Å². The first kappa shape index (κ1) is 18.0. The van der Waals surface area contributed by atoms with Crippen LogP contribution in [-0.2, 0) is 25.1 Å². The predicted octanol–water partition coefficient (Wildman–Crippen LogP) is 2.41. The van der Waals surface area contributed by atoms with E-state index in [0.717, 1.165) is 19.3 Å². The van der Waals surface area contributed by atoms with Crippen molar-refractivity contribution in [3.05, 3.63) is 18.0 Å². The van der Waals surface area contributed by atoms with Crippen LogP contribution in [0.15, 0.2) is 17.2 Å². The summed E-state index contributed by atoms with van der Waals surface area (Å²) in [4.78, 5) is 11.9. The van der Waals surface area contributed by atoms with Crippen LogP contribution in [0.1, 0.15) is 36.7 Å². The number of methoxy groups -OCH3 is 1. The molecule has 0 spiro atoms. The molecular weight excluding hydrogens is 318 g/mol. The largest absolute Gasteiger partial charge is 0.461 e. The van der Waals surface area contributed by atoms with Crippen molar-refractivity contribution in [1.29, 1.82) is 0 Å². The normalized spacial score (nSPS) is 11.6. The lowest BCUT2D eigenvalue weighted by molar-refractivity contribution is 0.0483. The Kier molecular flexibility index (Phi) is 7.21. The SMILES string of the molecule is CCCCCOC(=O)c1cc(S(=O)(=O)Cl)cn1CCOC. The van der Waals surface area contributed by atoms with Crippen molar-refractivity contribution in [1.82, 2.24) is 4.57 Å². The van der Waals surface area contributed by atoms with Crippen molar-refractivity contribution in [3.63, 3.8) is 0 Å². The molecular formula is C13H20ClNO5S. The molecule has 0 amide bonds. The number of unbranched alkanes of at least 4 members (excludes halogenated alkanes) is 2. The van der Waals surface area contributed by atoms with E-state index in [4.69, 9.17) is 20.2 Å². The Balaban J connectivity index is 2.86. The number of aromatic nitrogens is 1. The molecule has 1 aromatic rings. The highest BCUT2D eigenvalue weighted by atomic mass is 35.7. The molecule has 0 bridgehead atoms. The average molecular weight is 338 g/mol. The minimum Gasteiger partial charge on any atom is -0.461 e. The summed E-state index contributed by atoms with van der Waals surface area (Å²) in [6.07, 6.45) is 4.08. The van der Waals surface area contributed by atoms with Gasteiger partial charge in [-0.05, 0) is 12.5 Å². The highest BCUT2D eigenvalue weighted by Gasteiger charge is 2.20. The molecule has 0 saturated heterocycles. The lowest BCUT2D eigenvalue weighted by Gasteiger charge is -2.08. The molecule has 0 saturated carbocycles. The van der Waals surface area contributed by atoms with E-state index >= 15 is 0 Å². The van der Waals surface area contributed by atoms with Gasteiger partial charge >= 0.3 is 5.97 Å². The van der Waals surface area contributed by atoms with Crippen molar-refractivity contribution in [2.24, 2.45) is 0 Å². The van der Waals surface area contributed by atoms with Gasteiger partial charge in [0, 0.05) is 30.5 Å². The quantitative estimate of drug-likeness (QED) is 0.393. The van der Waals surface area contributed by atoms with Crippen molar-refractivity contribution in [2.75, 3.05) is 20.3 Å². The number of hydrogen-bond donors (Lipinski definition) is 0. The molecule has 8 heteroatoms. The summed E-state index contributed by atoms with van der Waals surface area (Å²) < 4.78 is 34.3. The summed E-state index contributed by atoms with van der Waals surface area (Å²) in [7, 11) is 2.93. The van der Waals surface area contributed by atoms with Crippen LogP contribution in [0.5, 0.6) is 0 Å². The number of ether oxygens (including phenoxy) is 2. The maximum absolute atomic E-state index is 12.0. The van der Waals surface area contributed by atoms with E-state index in [9.17, 15) is 13.2 Å². The first-order chi connectivity index (χ1) is 9.90. The van der Waals surface area contributed by atoms with Gasteiger partial charge in [0.1, 0.15) is 10.6 Å². The summed E-state index contributed by atoms with van der Waals surface area (Å²) >= 11 is 0. The Bertz CT molecular complexity index is 567. The smallest absolute Gasteiger partial charge is 0.354 e. The zero-order valence-electron chi connectivity index (χ0n) is 12.2. The lowest BCUT2D eigenvalue weighted by atomic mass is 10.3. The molecule has 1 heterocycles. The molecule has 0 aliphatic rings. The zero-order chi connectivity index (χ0) is 15.9. The van der Waals surface area contributed by atoms with E-state index in [0.29, 0.717) is 19.8 Å². The third-order valence-corrected chi connectivity index (χ3v) is 4.20. The second-order valence-corrected chi connectivity index (χ2v) is 7.09. The molecule has 6 nitrogen and oxygen atoms in total. The van der Waals surface area contributed by atoms with Crippen LogP contribution in [0.25, 0.3) is 0 Å². The number of rotatable bonds is 9. The molecule has 120 valence electrons. The number of carbonyl (C=O) groups is 1. The molecule has 0 aliphatic carbocycles. The van der Waals surface area contributed by atoms with Gasteiger partial charge in [-0.2, -0.15) is 0 Å². The Morgan fingerprint density at radius 2 is 2.05 bits per heavy atom. The number of hydrogen-bond acceptors (Lipinski definition) is 5. The van der Waals surface area contributed by atoms with Crippen molar-refractivity contribution in [2.45, 2.75) is 37.6 Å². The standard InChI is InChI=1S/C13H20ClNO5S/c1-3-4-5-7-20-13(16)12-9-11(21(14,17)18)10-15(12)6-8-19-2/h9-10H,3-8H2,1-2H3. The van der Waals surface area contributed by atoms with Gasteiger partial charge in [-0.3, -0.25) is 0 Å². The summed E-state index contributed by atoms with van der Waals surface area (Å²) in [5, 5.41) is 0. The van der Waals surface area contributed by atoms with Crippen LogP contribution in [0.4, 0.5) is 0 Å². The minimum absolute atomic E-state index is 0.124. The molecule has 0 fully saturated rings. The number of halogens is 1. The molecule has 0 N–H and O–H groups in total. The third kappa shape index (κ3) is 5.68. The van der Waals surface area contributed by atoms with Gasteiger partial charge in [0.2, 0.25) is 0 Å². The molecule has 0 atom stereocenters. The fraction of sp³-hybridized carbons (Fsp3) is 0.615. The predicted molar refractivity (Wildman–Crippen MR) is 79.2 cm³/mol. The Labute approximate surface area is 129 Å². The second kappa shape index (κ2) is 8.41. The van der Waals surface area contributed by atoms with E-state index in [2.05, 4.69) is 6.92 Å². The molecule has 0 radical (unpaired) electrons. The van der Waals surface area contributed by atoms with Gasteiger partial charge in [-0.15, -0.1) is 0 Å². The molecule has 1 aromatic heterocycles. The summed E-state index contributed by atoms with van der Waals surface area (Å²) in [5.41, 5.74) is 0.155. The third-order valence-electron chi connectivity index (χ3n) is 2.88. The number of carbonyl (C=O) groups excluding carboxylic acids is 1. The van der Waals surface area contributed by atoms with Gasteiger partial charge < -0.3 is 14.0 Å². The topological polar surface area (TPSA) is 74.6 Å². The van der Waals surface area contributed by atoms with E-state index in [1.165, 1.54) is 23.9 Å². The minimum atomic E-state index is -3.89. The van der Waals surface area contributed by atoms with Crippen LogP contribution >= 0.6 is 10.7 Å². The summed E-state index contributed by atoms with van der Waals surface area (Å²) in [5.74, 6) is -0.561. The molecule has 0 aliphatic heterocycles. The van der Waals surface area contributed by atoms with E-state index < -0.39 is 15.0 Å². The van der Waals surface area contributed by atoms with Crippen molar-refractivity contribution < 1.29 is 22.7 Å². The van der Waals surface area contributed by atoms with Gasteiger partial charge in [0.25, 0.3) is 9.05 Å². The molecule has 0 unspecified atom stereocenters. The van der Waals surface area contributed by atoms with Gasteiger partial charge in [-0.25, -0.2) is 13.2 Å².